The number of benzene rings is 1. The van der Waals surface area contributed by atoms with Gasteiger partial charge in [-0.1, -0.05) is 17.7 Å². The number of carbonyl (C=O) groups is 1. The Hall–Kier alpha value is -2.01. The van der Waals surface area contributed by atoms with Crippen LogP contribution < -0.4 is 11.1 Å². The number of carbonyl (C=O) groups excluding carboxylic acids is 1. The van der Waals surface area contributed by atoms with Crippen LogP contribution in [0.1, 0.15) is 16.8 Å². The molecule has 0 aliphatic rings. The van der Waals surface area contributed by atoms with Gasteiger partial charge in [-0.3, -0.25) is 4.79 Å². The van der Waals surface area contributed by atoms with Gasteiger partial charge in [0.2, 0.25) is 0 Å². The normalized spacial score (nSPS) is 10.4. The summed E-state index contributed by atoms with van der Waals surface area (Å²) in [5.41, 5.74) is 6.47. The lowest BCUT2D eigenvalue weighted by atomic mass is 10.1. The third kappa shape index (κ3) is 3.48. The average molecular weight is 279 g/mol. The summed E-state index contributed by atoms with van der Waals surface area (Å²) in [6.45, 7) is 1.36. The van der Waals surface area contributed by atoms with Gasteiger partial charge in [-0.15, -0.1) is 0 Å². The summed E-state index contributed by atoms with van der Waals surface area (Å²) in [6, 6.07) is 5.03. The number of nitrogens with one attached hydrogen (secondary N) is 1. The average Bonchev–Trinajstić information content (AvgIpc) is 2.87. The first-order valence-electron chi connectivity index (χ1n) is 5.96. The number of nitrogen functional groups attached to an aromatic ring is 1. The predicted octanol–water partition coefficient (Wildman–Crippen LogP) is 1.94. The Morgan fingerprint density at radius 2 is 2.32 bits per heavy atom. The van der Waals surface area contributed by atoms with E-state index >= 15 is 0 Å². The number of nitrogens with two attached hydrogens (primary N) is 1. The fourth-order valence-corrected chi connectivity index (χ4v) is 2.02. The quantitative estimate of drug-likeness (QED) is 0.648. The molecular formula is C13H15ClN4O. The van der Waals surface area contributed by atoms with Crippen molar-refractivity contribution in [2.24, 2.45) is 0 Å². The molecule has 5 nitrogen and oxygen atoms in total. The van der Waals surface area contributed by atoms with Crippen LogP contribution in [0.15, 0.2) is 36.9 Å². The highest BCUT2D eigenvalue weighted by atomic mass is 35.5. The number of amides is 1. The van der Waals surface area contributed by atoms with Gasteiger partial charge in [0.15, 0.2) is 0 Å². The van der Waals surface area contributed by atoms with Crippen LogP contribution in [-0.4, -0.2) is 22.0 Å². The van der Waals surface area contributed by atoms with Crippen molar-refractivity contribution in [3.63, 3.8) is 0 Å². The van der Waals surface area contributed by atoms with Gasteiger partial charge in [0, 0.05) is 31.2 Å². The van der Waals surface area contributed by atoms with Gasteiger partial charge in [0.05, 0.1) is 16.9 Å². The molecule has 6 heteroatoms. The van der Waals surface area contributed by atoms with Crippen molar-refractivity contribution < 1.29 is 4.79 Å². The second-order valence-corrected chi connectivity index (χ2v) is 4.52. The van der Waals surface area contributed by atoms with Crippen LogP contribution in [0.5, 0.6) is 0 Å². The summed E-state index contributed by atoms with van der Waals surface area (Å²) in [6.07, 6.45) is 6.16. The van der Waals surface area contributed by atoms with Crippen LogP contribution in [0.2, 0.25) is 5.02 Å². The van der Waals surface area contributed by atoms with E-state index in [1.807, 2.05) is 10.8 Å². The lowest BCUT2D eigenvalue weighted by molar-refractivity contribution is 0.0954. The Bertz CT molecular complexity index is 534. The summed E-state index contributed by atoms with van der Waals surface area (Å²) in [4.78, 5) is 15.9. The van der Waals surface area contributed by atoms with Gasteiger partial charge >= 0.3 is 0 Å². The molecule has 3 N–H and O–H groups in total. The number of hydrogen-bond donors (Lipinski definition) is 2. The molecule has 0 atom stereocenters. The Kier molecular flexibility index (Phi) is 4.41. The van der Waals surface area contributed by atoms with E-state index in [4.69, 9.17) is 17.3 Å². The smallest absolute Gasteiger partial charge is 0.254 e. The molecule has 0 aliphatic carbocycles. The second-order valence-electron chi connectivity index (χ2n) is 4.11. The number of imidazole rings is 1. The largest absolute Gasteiger partial charge is 0.398 e. The van der Waals surface area contributed by atoms with E-state index < -0.39 is 0 Å². The minimum atomic E-state index is -0.242. The van der Waals surface area contributed by atoms with Crippen molar-refractivity contribution >= 4 is 23.2 Å². The Balaban J connectivity index is 1.84. The van der Waals surface area contributed by atoms with E-state index in [0.717, 1.165) is 13.0 Å². The fourth-order valence-electron chi connectivity index (χ4n) is 1.75. The van der Waals surface area contributed by atoms with E-state index in [-0.39, 0.29) is 5.91 Å². The molecule has 0 fully saturated rings. The first-order valence-corrected chi connectivity index (χ1v) is 6.34. The van der Waals surface area contributed by atoms with Crippen molar-refractivity contribution in [1.29, 1.82) is 0 Å². The molecule has 1 amide bonds. The molecule has 19 heavy (non-hydrogen) atoms. The maximum absolute atomic E-state index is 12.0. The summed E-state index contributed by atoms with van der Waals surface area (Å²) in [5.74, 6) is -0.242. The number of anilines is 1. The molecule has 2 rings (SSSR count). The number of hydrogen-bond acceptors (Lipinski definition) is 3. The van der Waals surface area contributed by atoms with Gasteiger partial charge in [0.1, 0.15) is 0 Å². The van der Waals surface area contributed by atoms with E-state index in [1.54, 1.807) is 30.7 Å². The van der Waals surface area contributed by atoms with E-state index in [0.29, 0.717) is 22.8 Å². The number of rotatable bonds is 5. The number of halogens is 1. The molecule has 2 aromatic rings. The Morgan fingerprint density at radius 3 is 3.00 bits per heavy atom. The topological polar surface area (TPSA) is 72.9 Å². The summed E-state index contributed by atoms with van der Waals surface area (Å²) >= 11 is 5.97. The van der Waals surface area contributed by atoms with Crippen LogP contribution >= 0.6 is 11.6 Å². The van der Waals surface area contributed by atoms with Gasteiger partial charge in [-0.25, -0.2) is 4.98 Å². The number of aryl methyl sites for hydroxylation is 1. The van der Waals surface area contributed by atoms with Gasteiger partial charge in [-0.05, 0) is 18.6 Å². The first kappa shape index (κ1) is 13.4. The summed E-state index contributed by atoms with van der Waals surface area (Å²) in [5, 5.41) is 3.17. The maximum Gasteiger partial charge on any atom is 0.254 e. The molecular weight excluding hydrogens is 264 g/mol. The van der Waals surface area contributed by atoms with Gasteiger partial charge in [-0.2, -0.15) is 0 Å². The van der Waals surface area contributed by atoms with Gasteiger partial charge < -0.3 is 15.6 Å². The van der Waals surface area contributed by atoms with Crippen LogP contribution in [0.3, 0.4) is 0 Å². The minimum Gasteiger partial charge on any atom is -0.398 e. The van der Waals surface area contributed by atoms with Crippen LogP contribution in [0.4, 0.5) is 5.69 Å². The molecule has 1 aromatic heterocycles. The summed E-state index contributed by atoms with van der Waals surface area (Å²) < 4.78 is 1.95. The van der Waals surface area contributed by atoms with Crippen molar-refractivity contribution in [3.05, 3.63) is 47.5 Å². The molecule has 0 saturated heterocycles. The third-order valence-corrected chi connectivity index (χ3v) is 3.03. The molecule has 100 valence electrons. The van der Waals surface area contributed by atoms with Crippen LogP contribution in [0.25, 0.3) is 0 Å². The predicted molar refractivity (Wildman–Crippen MR) is 75.0 cm³/mol. The van der Waals surface area contributed by atoms with Crippen LogP contribution in [0, 0.1) is 0 Å². The molecule has 0 unspecified atom stereocenters. The molecule has 0 saturated carbocycles. The molecule has 0 radical (unpaired) electrons. The van der Waals surface area contributed by atoms with Crippen molar-refractivity contribution in [2.75, 3.05) is 12.3 Å². The van der Waals surface area contributed by atoms with Crippen molar-refractivity contribution in [3.8, 4) is 0 Å². The lowest BCUT2D eigenvalue weighted by Gasteiger charge is -2.09. The lowest BCUT2D eigenvalue weighted by Crippen LogP contribution is -2.26. The zero-order valence-corrected chi connectivity index (χ0v) is 11.1. The zero-order valence-electron chi connectivity index (χ0n) is 10.3. The SMILES string of the molecule is Nc1cccc(Cl)c1C(=O)NCCCn1ccnc1. The third-order valence-electron chi connectivity index (χ3n) is 2.71. The Morgan fingerprint density at radius 1 is 1.47 bits per heavy atom. The number of aromatic nitrogens is 2. The highest BCUT2D eigenvalue weighted by molar-refractivity contribution is 6.34. The standard InChI is InChI=1S/C13H15ClN4O/c14-10-3-1-4-11(15)12(10)13(19)17-5-2-7-18-8-6-16-9-18/h1,3-4,6,8-9H,2,5,7,15H2,(H,17,19). The van der Waals surface area contributed by atoms with E-state index in [9.17, 15) is 4.79 Å². The highest BCUT2D eigenvalue weighted by Gasteiger charge is 2.12. The molecule has 0 aliphatic heterocycles. The monoisotopic (exact) mass is 278 g/mol. The highest BCUT2D eigenvalue weighted by Crippen LogP contribution is 2.21. The zero-order chi connectivity index (χ0) is 13.7. The van der Waals surface area contributed by atoms with Crippen molar-refractivity contribution in [1.82, 2.24) is 14.9 Å². The molecule has 0 bridgehead atoms. The summed E-state index contributed by atoms with van der Waals surface area (Å²) in [7, 11) is 0. The minimum absolute atomic E-state index is 0.242. The fraction of sp³-hybridized carbons (Fsp3) is 0.231. The van der Waals surface area contributed by atoms with Crippen molar-refractivity contribution in [2.45, 2.75) is 13.0 Å². The second kappa shape index (κ2) is 6.24. The Labute approximate surface area is 116 Å². The van der Waals surface area contributed by atoms with E-state index in [1.165, 1.54) is 0 Å². The first-order chi connectivity index (χ1) is 9.18. The van der Waals surface area contributed by atoms with Crippen LogP contribution in [-0.2, 0) is 6.54 Å². The molecule has 1 heterocycles. The number of nitrogens with zero attached hydrogens (tertiary/aromatic N) is 2. The van der Waals surface area contributed by atoms with Gasteiger partial charge in [0.25, 0.3) is 5.91 Å². The molecule has 1 aromatic carbocycles. The van der Waals surface area contributed by atoms with E-state index in [2.05, 4.69) is 10.3 Å². The molecule has 0 spiro atoms. The maximum atomic E-state index is 12.0.